The van der Waals surface area contributed by atoms with Crippen molar-refractivity contribution in [1.29, 1.82) is 5.26 Å². The second kappa shape index (κ2) is 5.61. The van der Waals surface area contributed by atoms with E-state index >= 15 is 0 Å². The zero-order chi connectivity index (χ0) is 13.1. The van der Waals surface area contributed by atoms with E-state index in [4.69, 9.17) is 0 Å². The molecule has 2 nitrogen and oxygen atoms in total. The van der Waals surface area contributed by atoms with Gasteiger partial charge >= 0.3 is 0 Å². The van der Waals surface area contributed by atoms with Crippen LogP contribution in [-0.2, 0) is 0 Å². The van der Waals surface area contributed by atoms with Crippen molar-refractivity contribution in [3.8, 4) is 6.07 Å². The van der Waals surface area contributed by atoms with Crippen LogP contribution in [0, 0.1) is 22.7 Å². The Morgan fingerprint density at radius 2 is 1.61 bits per heavy atom. The normalized spacial score (nSPS) is 37.3. The fourth-order valence-corrected chi connectivity index (χ4v) is 3.99. The largest absolute Gasteiger partial charge is 0.388 e. The predicted molar refractivity (Wildman–Crippen MR) is 72.9 cm³/mol. The number of rotatable bonds is 1. The van der Waals surface area contributed by atoms with Gasteiger partial charge < -0.3 is 5.11 Å². The summed E-state index contributed by atoms with van der Waals surface area (Å²) in [6.45, 7) is 2.28. The molecule has 2 saturated carbocycles. The first-order chi connectivity index (χ1) is 8.62. The molecular weight excluding hydrogens is 222 g/mol. The van der Waals surface area contributed by atoms with Gasteiger partial charge in [-0.1, -0.05) is 45.4 Å². The molecule has 2 rings (SSSR count). The number of nitrogens with zero attached hydrogens (tertiary/aromatic N) is 1. The van der Waals surface area contributed by atoms with Gasteiger partial charge in [0.1, 0.15) is 0 Å². The maximum Gasteiger partial charge on any atom is 0.0860 e. The molecule has 18 heavy (non-hydrogen) atoms. The maximum absolute atomic E-state index is 11.1. The van der Waals surface area contributed by atoms with E-state index in [1.54, 1.807) is 0 Å². The maximum atomic E-state index is 11.1. The highest BCUT2D eigenvalue weighted by atomic mass is 16.3. The molecule has 2 unspecified atom stereocenters. The Kier molecular flexibility index (Phi) is 4.33. The zero-order valence-electron chi connectivity index (χ0n) is 11.7. The Balaban J connectivity index is 2.21. The van der Waals surface area contributed by atoms with Gasteiger partial charge in [0, 0.05) is 0 Å². The minimum absolute atomic E-state index is 0.451. The summed E-state index contributed by atoms with van der Waals surface area (Å²) in [7, 11) is 0. The molecule has 0 saturated heterocycles. The molecular formula is C16H27NO. The lowest BCUT2D eigenvalue weighted by Crippen LogP contribution is -2.47. The summed E-state index contributed by atoms with van der Waals surface area (Å²) in [6.07, 6.45) is 11.6. The molecule has 2 heteroatoms. The quantitative estimate of drug-likeness (QED) is 0.708. The van der Waals surface area contributed by atoms with Crippen molar-refractivity contribution in [2.45, 2.75) is 83.2 Å². The summed E-state index contributed by atoms with van der Waals surface area (Å²) in [4.78, 5) is 0. The fourth-order valence-electron chi connectivity index (χ4n) is 3.99. The van der Waals surface area contributed by atoms with Crippen LogP contribution in [0.2, 0.25) is 0 Å². The molecule has 2 aliphatic carbocycles. The Morgan fingerprint density at radius 3 is 2.22 bits per heavy atom. The molecule has 0 amide bonds. The number of hydrogen-bond donors (Lipinski definition) is 1. The molecule has 102 valence electrons. The molecule has 0 aromatic heterocycles. The van der Waals surface area contributed by atoms with Crippen molar-refractivity contribution in [2.75, 3.05) is 0 Å². The number of hydrogen-bond acceptors (Lipinski definition) is 2. The van der Waals surface area contributed by atoms with Crippen molar-refractivity contribution in [2.24, 2.45) is 11.3 Å². The molecule has 0 aromatic rings. The summed E-state index contributed by atoms with van der Waals surface area (Å²) < 4.78 is 0. The lowest BCUT2D eigenvalue weighted by atomic mass is 9.64. The van der Waals surface area contributed by atoms with Gasteiger partial charge in [0.2, 0.25) is 0 Å². The molecule has 0 aromatic carbocycles. The van der Waals surface area contributed by atoms with Crippen LogP contribution in [0.5, 0.6) is 0 Å². The lowest BCUT2D eigenvalue weighted by molar-refractivity contribution is -0.0751. The van der Waals surface area contributed by atoms with Gasteiger partial charge in [0.15, 0.2) is 0 Å². The molecule has 0 bridgehead atoms. The van der Waals surface area contributed by atoms with E-state index < -0.39 is 11.0 Å². The Hall–Kier alpha value is -0.550. The highest BCUT2D eigenvalue weighted by Gasteiger charge is 2.50. The van der Waals surface area contributed by atoms with Crippen molar-refractivity contribution >= 4 is 0 Å². The third-order valence-electron chi connectivity index (χ3n) is 5.40. The van der Waals surface area contributed by atoms with E-state index in [1.165, 1.54) is 19.3 Å². The molecule has 0 radical (unpaired) electrons. The van der Waals surface area contributed by atoms with Gasteiger partial charge in [-0.05, 0) is 38.0 Å². The van der Waals surface area contributed by atoms with Crippen LogP contribution in [0.4, 0.5) is 0 Å². The van der Waals surface area contributed by atoms with E-state index in [2.05, 4.69) is 13.0 Å². The third kappa shape index (κ3) is 2.57. The Labute approximate surface area is 111 Å². The van der Waals surface area contributed by atoms with Gasteiger partial charge in [-0.15, -0.1) is 0 Å². The van der Waals surface area contributed by atoms with Crippen molar-refractivity contribution in [3.63, 3.8) is 0 Å². The minimum Gasteiger partial charge on any atom is -0.388 e. The van der Waals surface area contributed by atoms with Gasteiger partial charge in [-0.25, -0.2) is 0 Å². The van der Waals surface area contributed by atoms with Crippen LogP contribution >= 0.6 is 0 Å². The molecule has 0 aliphatic heterocycles. The Morgan fingerprint density at radius 1 is 0.944 bits per heavy atom. The average molecular weight is 249 g/mol. The standard InChI is InChI=1S/C16H27NO/c1-14-7-6-11-16(18,12-8-14)15(13-17)9-4-2-3-5-10-15/h14,18H,2-12H2,1H3. The van der Waals surface area contributed by atoms with Gasteiger partial charge in [0.25, 0.3) is 0 Å². The summed E-state index contributed by atoms with van der Waals surface area (Å²) >= 11 is 0. The molecule has 0 heterocycles. The van der Waals surface area contributed by atoms with Crippen molar-refractivity contribution < 1.29 is 5.11 Å². The molecule has 1 N–H and O–H groups in total. The first-order valence-corrected chi connectivity index (χ1v) is 7.76. The fraction of sp³-hybridized carbons (Fsp3) is 0.938. The average Bonchev–Trinajstić information content (AvgIpc) is 2.70. The molecule has 0 spiro atoms. The third-order valence-corrected chi connectivity index (χ3v) is 5.40. The van der Waals surface area contributed by atoms with Crippen LogP contribution in [0.1, 0.15) is 77.6 Å². The molecule has 2 fully saturated rings. The lowest BCUT2D eigenvalue weighted by Gasteiger charge is -2.42. The van der Waals surface area contributed by atoms with E-state index in [0.29, 0.717) is 5.92 Å². The second-order valence-corrected chi connectivity index (χ2v) is 6.68. The highest BCUT2D eigenvalue weighted by molar-refractivity contribution is 5.12. The summed E-state index contributed by atoms with van der Waals surface area (Å²) in [5.74, 6) is 0.709. The monoisotopic (exact) mass is 249 g/mol. The van der Waals surface area contributed by atoms with E-state index in [9.17, 15) is 10.4 Å². The molecule has 2 aliphatic rings. The summed E-state index contributed by atoms with van der Waals surface area (Å²) in [6, 6.07) is 2.56. The number of nitriles is 1. The van der Waals surface area contributed by atoms with Crippen LogP contribution in [0.3, 0.4) is 0 Å². The first-order valence-electron chi connectivity index (χ1n) is 7.76. The van der Waals surface area contributed by atoms with Gasteiger partial charge in [-0.3, -0.25) is 0 Å². The second-order valence-electron chi connectivity index (χ2n) is 6.68. The zero-order valence-corrected chi connectivity index (χ0v) is 11.7. The van der Waals surface area contributed by atoms with Gasteiger partial charge in [-0.2, -0.15) is 5.26 Å². The molecule has 2 atom stereocenters. The smallest absolute Gasteiger partial charge is 0.0860 e. The van der Waals surface area contributed by atoms with Crippen molar-refractivity contribution in [1.82, 2.24) is 0 Å². The highest BCUT2D eigenvalue weighted by Crippen LogP contribution is 2.49. The van der Waals surface area contributed by atoms with E-state index in [0.717, 1.165) is 51.4 Å². The number of aliphatic hydroxyl groups is 1. The van der Waals surface area contributed by atoms with Crippen molar-refractivity contribution in [3.05, 3.63) is 0 Å². The Bertz CT molecular complexity index is 312. The van der Waals surface area contributed by atoms with Gasteiger partial charge in [0.05, 0.1) is 17.1 Å². The van der Waals surface area contributed by atoms with E-state index in [1.807, 2.05) is 0 Å². The van der Waals surface area contributed by atoms with Crippen LogP contribution in [-0.4, -0.2) is 10.7 Å². The van der Waals surface area contributed by atoms with Crippen LogP contribution < -0.4 is 0 Å². The summed E-state index contributed by atoms with van der Waals surface area (Å²) in [5, 5.41) is 20.9. The minimum atomic E-state index is -0.711. The predicted octanol–water partition coefficient (Wildman–Crippen LogP) is 4.18. The first kappa shape index (κ1) is 13.9. The summed E-state index contributed by atoms with van der Waals surface area (Å²) in [5.41, 5.74) is -1.16. The van der Waals surface area contributed by atoms with Crippen LogP contribution in [0.15, 0.2) is 0 Å². The topological polar surface area (TPSA) is 44.0 Å². The van der Waals surface area contributed by atoms with Crippen LogP contribution in [0.25, 0.3) is 0 Å². The van der Waals surface area contributed by atoms with E-state index in [-0.39, 0.29) is 0 Å². The SMILES string of the molecule is CC1CCCC(O)(C2(C#N)CCCCCC2)CC1.